The second kappa shape index (κ2) is 8.01. The molecule has 1 aliphatic heterocycles. The Hall–Kier alpha value is -2.86. The Labute approximate surface area is 156 Å². The normalized spacial score (nSPS) is 14.4. The minimum absolute atomic E-state index is 0.0226. The van der Waals surface area contributed by atoms with Crippen LogP contribution in [0.1, 0.15) is 24.5 Å². The molecule has 1 saturated heterocycles. The molecule has 26 heavy (non-hydrogen) atoms. The Kier molecular flexibility index (Phi) is 5.53. The summed E-state index contributed by atoms with van der Waals surface area (Å²) in [6, 6.07) is 17.8. The van der Waals surface area contributed by atoms with Crippen molar-refractivity contribution in [2.75, 3.05) is 5.75 Å². The molecule has 0 saturated carbocycles. The van der Waals surface area contributed by atoms with Crippen molar-refractivity contribution < 1.29 is 14.4 Å². The van der Waals surface area contributed by atoms with E-state index in [2.05, 4.69) is 5.32 Å². The van der Waals surface area contributed by atoms with Gasteiger partial charge in [0, 0.05) is 11.3 Å². The van der Waals surface area contributed by atoms with Crippen molar-refractivity contribution in [2.45, 2.75) is 13.3 Å². The van der Waals surface area contributed by atoms with Gasteiger partial charge in [0.15, 0.2) is 0 Å². The Morgan fingerprint density at radius 3 is 1.96 bits per heavy atom. The summed E-state index contributed by atoms with van der Waals surface area (Å²) in [5.41, 5.74) is 1.98. The number of barbiturate groups is 1. The Morgan fingerprint density at radius 2 is 1.46 bits per heavy atom. The third-order valence-corrected chi connectivity index (χ3v) is 5.01. The second-order valence-corrected chi connectivity index (χ2v) is 6.71. The van der Waals surface area contributed by atoms with Gasteiger partial charge in [-0.2, -0.15) is 4.31 Å². The number of hydrogen-bond acceptors (Lipinski definition) is 4. The smallest absolute Gasteiger partial charge is 0.272 e. The lowest BCUT2D eigenvalue weighted by molar-refractivity contribution is -0.126. The molecule has 1 N–H and O–H groups in total. The molecule has 132 valence electrons. The number of carbonyl (C=O) groups excluding carboxylic acids is 3. The molecule has 3 rings (SSSR count). The molecule has 0 bridgehead atoms. The van der Waals surface area contributed by atoms with Gasteiger partial charge >= 0.3 is 6.03 Å². The van der Waals surface area contributed by atoms with Crippen LogP contribution >= 0.6 is 11.9 Å². The number of hydrogen-bond donors (Lipinski definition) is 1. The molecule has 0 aromatic heterocycles. The lowest BCUT2D eigenvalue weighted by Crippen LogP contribution is -2.51. The van der Waals surface area contributed by atoms with E-state index in [1.807, 2.05) is 67.6 Å². The van der Waals surface area contributed by atoms with E-state index in [1.54, 1.807) is 0 Å². The standard InChI is InChI=1S/C20H18N2O3S/c1-2-13-26-22-19(24)17(18(23)21-20(22)25)16(14-9-5-3-6-10-14)15-11-7-4-8-12-15/h3-12H,2,13H2,1H3,(H,21,23,25). The quantitative estimate of drug-likeness (QED) is 0.499. The van der Waals surface area contributed by atoms with E-state index >= 15 is 0 Å². The molecular formula is C20H18N2O3S. The van der Waals surface area contributed by atoms with E-state index in [0.717, 1.165) is 33.8 Å². The summed E-state index contributed by atoms with van der Waals surface area (Å²) < 4.78 is 1.03. The number of amides is 4. The SMILES string of the molecule is CCCSN1C(=O)NC(=O)C(=C(c2ccccc2)c2ccccc2)C1=O. The highest BCUT2D eigenvalue weighted by Crippen LogP contribution is 2.31. The van der Waals surface area contributed by atoms with Gasteiger partial charge in [0.2, 0.25) is 0 Å². The summed E-state index contributed by atoms with van der Waals surface area (Å²) >= 11 is 1.11. The molecule has 0 radical (unpaired) electrons. The Balaban J connectivity index is 2.18. The highest BCUT2D eigenvalue weighted by Gasteiger charge is 2.38. The monoisotopic (exact) mass is 366 g/mol. The summed E-state index contributed by atoms with van der Waals surface area (Å²) in [6.07, 6.45) is 0.805. The minimum atomic E-state index is -0.692. The van der Waals surface area contributed by atoms with E-state index in [1.165, 1.54) is 0 Å². The number of nitrogens with zero attached hydrogens (tertiary/aromatic N) is 1. The zero-order valence-corrected chi connectivity index (χ0v) is 15.1. The number of carbonyl (C=O) groups is 3. The predicted octanol–water partition coefficient (Wildman–Crippen LogP) is 3.63. The van der Waals surface area contributed by atoms with Gasteiger partial charge in [0.1, 0.15) is 5.57 Å². The third-order valence-electron chi connectivity index (χ3n) is 3.83. The number of rotatable bonds is 5. The largest absolute Gasteiger partial charge is 0.341 e. The van der Waals surface area contributed by atoms with Crippen LogP contribution in [0.2, 0.25) is 0 Å². The predicted molar refractivity (Wildman–Crippen MR) is 102 cm³/mol. The average Bonchev–Trinajstić information content (AvgIpc) is 2.66. The Bertz CT molecular complexity index is 822. The average molecular weight is 366 g/mol. The molecule has 4 amide bonds. The van der Waals surface area contributed by atoms with E-state index < -0.39 is 17.8 Å². The molecule has 0 atom stereocenters. The molecule has 5 nitrogen and oxygen atoms in total. The van der Waals surface area contributed by atoms with Gasteiger partial charge in [-0.3, -0.25) is 14.9 Å². The molecule has 0 spiro atoms. The van der Waals surface area contributed by atoms with Crippen molar-refractivity contribution in [3.05, 3.63) is 77.4 Å². The zero-order chi connectivity index (χ0) is 18.5. The van der Waals surface area contributed by atoms with Crippen LogP contribution in [-0.4, -0.2) is 27.9 Å². The van der Waals surface area contributed by atoms with Crippen LogP contribution in [0, 0.1) is 0 Å². The number of nitrogens with one attached hydrogen (secondary N) is 1. The van der Waals surface area contributed by atoms with Gasteiger partial charge < -0.3 is 0 Å². The van der Waals surface area contributed by atoms with Gasteiger partial charge in [-0.15, -0.1) is 0 Å². The van der Waals surface area contributed by atoms with E-state index in [0.29, 0.717) is 11.3 Å². The zero-order valence-electron chi connectivity index (χ0n) is 14.3. The van der Waals surface area contributed by atoms with E-state index in [9.17, 15) is 14.4 Å². The van der Waals surface area contributed by atoms with Crippen molar-refractivity contribution in [3.8, 4) is 0 Å². The molecule has 1 heterocycles. The molecule has 0 aliphatic carbocycles. The lowest BCUT2D eigenvalue weighted by Gasteiger charge is -2.27. The van der Waals surface area contributed by atoms with Gasteiger partial charge in [0.25, 0.3) is 11.8 Å². The lowest BCUT2D eigenvalue weighted by atomic mass is 9.91. The number of benzene rings is 2. The molecule has 1 aliphatic rings. The molecule has 2 aromatic rings. The summed E-state index contributed by atoms with van der Waals surface area (Å²) in [7, 11) is 0. The fraction of sp³-hybridized carbons (Fsp3) is 0.150. The van der Waals surface area contributed by atoms with Crippen molar-refractivity contribution in [3.63, 3.8) is 0 Å². The summed E-state index contributed by atoms with van der Waals surface area (Å²) in [5, 5.41) is 2.29. The first-order valence-electron chi connectivity index (χ1n) is 8.31. The van der Waals surface area contributed by atoms with E-state index in [4.69, 9.17) is 0 Å². The summed E-state index contributed by atoms with van der Waals surface area (Å²) in [4.78, 5) is 37.7. The van der Waals surface area contributed by atoms with Gasteiger partial charge in [-0.25, -0.2) is 4.79 Å². The molecule has 6 heteroatoms. The van der Waals surface area contributed by atoms with Crippen LogP contribution in [0.3, 0.4) is 0 Å². The van der Waals surface area contributed by atoms with E-state index in [-0.39, 0.29) is 5.57 Å². The molecule has 0 unspecified atom stereocenters. The maximum Gasteiger partial charge on any atom is 0.341 e. The first-order chi connectivity index (χ1) is 12.6. The summed E-state index contributed by atoms with van der Waals surface area (Å²) in [6.45, 7) is 1.96. The number of imide groups is 2. The maximum absolute atomic E-state index is 13.0. The van der Waals surface area contributed by atoms with Crippen molar-refractivity contribution in [1.82, 2.24) is 9.62 Å². The van der Waals surface area contributed by atoms with Gasteiger partial charge in [-0.05, 0) is 29.5 Å². The van der Waals surface area contributed by atoms with Gasteiger partial charge in [-0.1, -0.05) is 67.6 Å². The summed E-state index contributed by atoms with van der Waals surface area (Å²) in [5.74, 6) is -0.650. The van der Waals surface area contributed by atoms with Crippen LogP contribution < -0.4 is 5.32 Å². The van der Waals surface area contributed by atoms with Crippen LogP contribution in [0.25, 0.3) is 5.57 Å². The fourth-order valence-corrected chi connectivity index (χ4v) is 3.42. The molecule has 2 aromatic carbocycles. The first-order valence-corrected chi connectivity index (χ1v) is 9.25. The Morgan fingerprint density at radius 1 is 0.923 bits per heavy atom. The van der Waals surface area contributed by atoms with Crippen LogP contribution in [-0.2, 0) is 9.59 Å². The molecular weight excluding hydrogens is 348 g/mol. The highest BCUT2D eigenvalue weighted by atomic mass is 32.2. The van der Waals surface area contributed by atoms with Gasteiger partial charge in [0.05, 0.1) is 0 Å². The highest BCUT2D eigenvalue weighted by molar-refractivity contribution is 7.98. The topological polar surface area (TPSA) is 66.5 Å². The van der Waals surface area contributed by atoms with Crippen molar-refractivity contribution in [2.24, 2.45) is 0 Å². The van der Waals surface area contributed by atoms with Crippen molar-refractivity contribution >= 4 is 35.4 Å². The van der Waals surface area contributed by atoms with Crippen LogP contribution in [0.15, 0.2) is 66.2 Å². The fourth-order valence-electron chi connectivity index (χ4n) is 2.69. The number of urea groups is 1. The van der Waals surface area contributed by atoms with Crippen LogP contribution in [0.5, 0.6) is 0 Å². The minimum Gasteiger partial charge on any atom is -0.272 e. The van der Waals surface area contributed by atoms with Crippen molar-refractivity contribution in [1.29, 1.82) is 0 Å². The second-order valence-electron chi connectivity index (χ2n) is 5.67. The molecule has 1 fully saturated rings. The maximum atomic E-state index is 13.0. The third kappa shape index (κ3) is 3.55. The first kappa shape index (κ1) is 17.9. The van der Waals surface area contributed by atoms with Crippen LogP contribution in [0.4, 0.5) is 4.79 Å².